The molecule has 0 unspecified atom stereocenters. The summed E-state index contributed by atoms with van der Waals surface area (Å²) in [5.74, 6) is 0.514. The molecular formula is C11H12N6. The number of nitrogen functional groups attached to an aromatic ring is 1. The van der Waals surface area contributed by atoms with E-state index in [1.165, 1.54) is 0 Å². The van der Waals surface area contributed by atoms with Gasteiger partial charge in [0.25, 0.3) is 0 Å². The van der Waals surface area contributed by atoms with Crippen LogP contribution >= 0.6 is 0 Å². The monoisotopic (exact) mass is 228 g/mol. The molecule has 0 aliphatic rings. The third-order valence-corrected chi connectivity index (χ3v) is 2.69. The van der Waals surface area contributed by atoms with E-state index in [9.17, 15) is 0 Å². The zero-order valence-electron chi connectivity index (χ0n) is 9.19. The Kier molecular flexibility index (Phi) is 2.25. The Morgan fingerprint density at radius 2 is 2.18 bits per heavy atom. The maximum Gasteiger partial charge on any atom is 0.201 e. The predicted molar refractivity (Wildman–Crippen MR) is 64.2 cm³/mol. The molecule has 3 rings (SSSR count). The van der Waals surface area contributed by atoms with Crippen molar-refractivity contribution in [1.29, 1.82) is 0 Å². The summed E-state index contributed by atoms with van der Waals surface area (Å²) in [4.78, 5) is 8.29. The molecule has 0 aromatic carbocycles. The molecule has 0 aliphatic carbocycles. The SMILES string of the molecule is Nc1nc2cnccc2n1CCn1cccn1. The van der Waals surface area contributed by atoms with E-state index in [4.69, 9.17) is 5.73 Å². The summed E-state index contributed by atoms with van der Waals surface area (Å²) < 4.78 is 3.84. The van der Waals surface area contributed by atoms with Crippen LogP contribution in [0.3, 0.4) is 0 Å². The van der Waals surface area contributed by atoms with Crippen LogP contribution in [-0.2, 0) is 13.1 Å². The average Bonchev–Trinajstić information content (AvgIpc) is 2.93. The van der Waals surface area contributed by atoms with Gasteiger partial charge in [0.1, 0.15) is 5.52 Å². The molecule has 0 spiro atoms. The van der Waals surface area contributed by atoms with Crippen LogP contribution in [0, 0.1) is 0 Å². The number of rotatable bonds is 3. The van der Waals surface area contributed by atoms with Crippen molar-refractivity contribution in [3.63, 3.8) is 0 Å². The van der Waals surface area contributed by atoms with Crippen molar-refractivity contribution in [2.75, 3.05) is 5.73 Å². The van der Waals surface area contributed by atoms with Gasteiger partial charge in [-0.15, -0.1) is 0 Å². The predicted octanol–water partition coefficient (Wildman–Crippen LogP) is 0.910. The molecule has 6 heteroatoms. The summed E-state index contributed by atoms with van der Waals surface area (Å²) in [6.45, 7) is 1.51. The minimum absolute atomic E-state index is 0.514. The summed E-state index contributed by atoms with van der Waals surface area (Å²) >= 11 is 0. The molecule has 0 atom stereocenters. The second-order valence-electron chi connectivity index (χ2n) is 3.76. The molecule has 6 nitrogen and oxygen atoms in total. The fourth-order valence-electron chi connectivity index (χ4n) is 1.87. The van der Waals surface area contributed by atoms with Crippen LogP contribution in [0.2, 0.25) is 0 Å². The third kappa shape index (κ3) is 1.73. The Hall–Kier alpha value is -2.37. The molecule has 86 valence electrons. The molecule has 2 N–H and O–H groups in total. The van der Waals surface area contributed by atoms with Crippen LogP contribution in [0.4, 0.5) is 5.95 Å². The van der Waals surface area contributed by atoms with Gasteiger partial charge < -0.3 is 10.3 Å². The maximum atomic E-state index is 5.89. The lowest BCUT2D eigenvalue weighted by molar-refractivity contribution is 0.544. The van der Waals surface area contributed by atoms with Gasteiger partial charge in [-0.3, -0.25) is 9.67 Å². The lowest BCUT2D eigenvalue weighted by Gasteiger charge is -2.06. The largest absolute Gasteiger partial charge is 0.369 e. The lowest BCUT2D eigenvalue weighted by Crippen LogP contribution is -2.10. The Labute approximate surface area is 97.7 Å². The highest BCUT2D eigenvalue weighted by Crippen LogP contribution is 2.16. The molecule has 3 aromatic rings. The normalized spacial score (nSPS) is 11.1. The number of nitrogens with two attached hydrogens (primary N) is 1. The first kappa shape index (κ1) is 9.83. The maximum absolute atomic E-state index is 5.89. The van der Waals surface area contributed by atoms with Gasteiger partial charge in [0.2, 0.25) is 5.95 Å². The number of aromatic nitrogens is 5. The standard InChI is InChI=1S/C11H12N6/c12-11-15-9-8-13-4-2-10(9)17(11)7-6-16-5-1-3-14-16/h1-5,8H,6-7H2,(H2,12,15). The minimum atomic E-state index is 0.514. The second kappa shape index (κ2) is 3.89. The van der Waals surface area contributed by atoms with Gasteiger partial charge in [-0.05, 0) is 12.1 Å². The Morgan fingerprint density at radius 1 is 1.24 bits per heavy atom. The molecule has 0 amide bonds. The van der Waals surface area contributed by atoms with E-state index in [0.29, 0.717) is 5.95 Å². The summed E-state index contributed by atoms with van der Waals surface area (Å²) in [6.07, 6.45) is 7.15. The zero-order valence-corrected chi connectivity index (χ0v) is 9.19. The molecule has 3 aromatic heterocycles. The first-order valence-electron chi connectivity index (χ1n) is 5.38. The number of aryl methyl sites for hydroxylation is 2. The van der Waals surface area contributed by atoms with Crippen molar-refractivity contribution in [3.05, 3.63) is 36.9 Å². The van der Waals surface area contributed by atoms with E-state index < -0.39 is 0 Å². The Balaban J connectivity index is 1.92. The fraction of sp³-hybridized carbons (Fsp3) is 0.182. The number of nitrogens with zero attached hydrogens (tertiary/aromatic N) is 5. The van der Waals surface area contributed by atoms with Gasteiger partial charge in [-0.2, -0.15) is 5.10 Å². The van der Waals surface area contributed by atoms with Crippen molar-refractivity contribution >= 4 is 17.0 Å². The lowest BCUT2D eigenvalue weighted by atomic mass is 10.4. The number of pyridine rings is 1. The van der Waals surface area contributed by atoms with Gasteiger partial charge in [0.05, 0.1) is 18.3 Å². The highest BCUT2D eigenvalue weighted by Gasteiger charge is 2.07. The van der Waals surface area contributed by atoms with E-state index in [1.807, 2.05) is 27.6 Å². The van der Waals surface area contributed by atoms with Crippen LogP contribution in [0.25, 0.3) is 11.0 Å². The van der Waals surface area contributed by atoms with E-state index >= 15 is 0 Å². The van der Waals surface area contributed by atoms with E-state index in [0.717, 1.165) is 24.1 Å². The van der Waals surface area contributed by atoms with E-state index in [1.54, 1.807) is 18.6 Å². The quantitative estimate of drug-likeness (QED) is 0.723. The molecule has 0 bridgehead atoms. The van der Waals surface area contributed by atoms with Gasteiger partial charge in [0, 0.05) is 25.1 Å². The summed E-state index contributed by atoms with van der Waals surface area (Å²) in [5, 5.41) is 4.16. The highest BCUT2D eigenvalue weighted by molar-refractivity contribution is 5.76. The molecule has 0 saturated heterocycles. The summed E-state index contributed by atoms with van der Waals surface area (Å²) in [6, 6.07) is 3.82. The number of imidazole rings is 1. The number of fused-ring (bicyclic) bond motifs is 1. The Bertz CT molecular complexity index is 625. The van der Waals surface area contributed by atoms with Crippen LogP contribution in [0.15, 0.2) is 36.9 Å². The molecule has 0 saturated carbocycles. The van der Waals surface area contributed by atoms with Crippen LogP contribution in [0.5, 0.6) is 0 Å². The topological polar surface area (TPSA) is 74.5 Å². The molecule has 3 heterocycles. The van der Waals surface area contributed by atoms with E-state index in [-0.39, 0.29) is 0 Å². The zero-order chi connectivity index (χ0) is 11.7. The van der Waals surface area contributed by atoms with Crippen LogP contribution in [0.1, 0.15) is 0 Å². The van der Waals surface area contributed by atoms with E-state index in [2.05, 4.69) is 15.1 Å². The number of anilines is 1. The first-order chi connectivity index (χ1) is 8.34. The summed E-state index contributed by atoms with van der Waals surface area (Å²) in [7, 11) is 0. The highest BCUT2D eigenvalue weighted by atomic mass is 15.3. The second-order valence-corrected chi connectivity index (χ2v) is 3.76. The number of hydrogen-bond donors (Lipinski definition) is 1. The molecule has 0 aliphatic heterocycles. The number of hydrogen-bond acceptors (Lipinski definition) is 4. The van der Waals surface area contributed by atoms with Crippen LogP contribution in [-0.4, -0.2) is 24.3 Å². The van der Waals surface area contributed by atoms with Crippen molar-refractivity contribution in [3.8, 4) is 0 Å². The van der Waals surface area contributed by atoms with Gasteiger partial charge in [0.15, 0.2) is 0 Å². The molecule has 17 heavy (non-hydrogen) atoms. The van der Waals surface area contributed by atoms with Gasteiger partial charge >= 0.3 is 0 Å². The van der Waals surface area contributed by atoms with Crippen molar-refractivity contribution in [2.45, 2.75) is 13.1 Å². The minimum Gasteiger partial charge on any atom is -0.369 e. The van der Waals surface area contributed by atoms with Crippen molar-refractivity contribution in [2.24, 2.45) is 0 Å². The van der Waals surface area contributed by atoms with Crippen molar-refractivity contribution < 1.29 is 0 Å². The first-order valence-corrected chi connectivity index (χ1v) is 5.38. The smallest absolute Gasteiger partial charge is 0.201 e. The van der Waals surface area contributed by atoms with Gasteiger partial charge in [-0.25, -0.2) is 4.98 Å². The molecular weight excluding hydrogens is 216 g/mol. The fourth-order valence-corrected chi connectivity index (χ4v) is 1.87. The molecule has 0 fully saturated rings. The van der Waals surface area contributed by atoms with Crippen molar-refractivity contribution in [1.82, 2.24) is 24.3 Å². The third-order valence-electron chi connectivity index (χ3n) is 2.69. The average molecular weight is 228 g/mol. The van der Waals surface area contributed by atoms with Gasteiger partial charge in [-0.1, -0.05) is 0 Å². The summed E-state index contributed by atoms with van der Waals surface area (Å²) in [5.41, 5.74) is 7.72. The Morgan fingerprint density at radius 3 is 3.00 bits per heavy atom. The van der Waals surface area contributed by atoms with Crippen LogP contribution < -0.4 is 5.73 Å². The molecule has 0 radical (unpaired) electrons.